The molecule has 0 aliphatic heterocycles. The first-order chi connectivity index (χ1) is 9.79. The highest BCUT2D eigenvalue weighted by Gasteiger charge is 2.21. The number of benzene rings is 1. The fourth-order valence-electron chi connectivity index (χ4n) is 1.71. The van der Waals surface area contributed by atoms with Crippen LogP contribution in [0.4, 0.5) is 0 Å². The third kappa shape index (κ3) is 5.73. The van der Waals surface area contributed by atoms with Crippen molar-refractivity contribution in [1.82, 2.24) is 5.32 Å². The summed E-state index contributed by atoms with van der Waals surface area (Å²) in [7, 11) is 1.58. The van der Waals surface area contributed by atoms with E-state index in [1.54, 1.807) is 20.1 Å². The molecule has 1 atom stereocenters. The second kappa shape index (κ2) is 7.87. The van der Waals surface area contributed by atoms with Gasteiger partial charge in [-0.2, -0.15) is 0 Å². The second-order valence-corrected chi connectivity index (χ2v) is 6.21. The standard InChI is InChI=1S/C16H26ClNO3/c1-6-16(4,19)10-21-15-12(9-18-11(2)3)7-13(17)8-14(15)20-5/h7-8,11,18-19H,6,9-10H2,1-5H3. The van der Waals surface area contributed by atoms with Gasteiger partial charge in [-0.3, -0.25) is 0 Å². The minimum atomic E-state index is -0.868. The second-order valence-electron chi connectivity index (χ2n) is 5.77. The fraction of sp³-hybridized carbons (Fsp3) is 0.625. The monoisotopic (exact) mass is 315 g/mol. The lowest BCUT2D eigenvalue weighted by Gasteiger charge is -2.24. The summed E-state index contributed by atoms with van der Waals surface area (Å²) in [5.41, 5.74) is 0.0490. The van der Waals surface area contributed by atoms with Crippen LogP contribution >= 0.6 is 11.6 Å². The predicted molar refractivity (Wildman–Crippen MR) is 86.4 cm³/mol. The normalized spacial score (nSPS) is 14.1. The number of ether oxygens (including phenoxy) is 2. The molecule has 0 aromatic heterocycles. The van der Waals surface area contributed by atoms with Gasteiger partial charge in [0.05, 0.1) is 12.7 Å². The van der Waals surface area contributed by atoms with Crippen LogP contribution in [-0.4, -0.2) is 30.5 Å². The molecule has 1 rings (SSSR count). The van der Waals surface area contributed by atoms with Crippen molar-refractivity contribution < 1.29 is 14.6 Å². The zero-order valence-electron chi connectivity index (χ0n) is 13.5. The van der Waals surface area contributed by atoms with Gasteiger partial charge in [0.1, 0.15) is 6.61 Å². The first-order valence-corrected chi connectivity index (χ1v) is 7.62. The molecule has 0 spiro atoms. The molecule has 1 unspecified atom stereocenters. The van der Waals surface area contributed by atoms with Crippen LogP contribution in [-0.2, 0) is 6.54 Å². The van der Waals surface area contributed by atoms with Crippen LogP contribution in [0.25, 0.3) is 0 Å². The molecule has 0 radical (unpaired) electrons. The van der Waals surface area contributed by atoms with Crippen LogP contribution in [0.5, 0.6) is 11.5 Å². The molecule has 0 saturated carbocycles. The maximum absolute atomic E-state index is 10.1. The Bertz CT molecular complexity index is 461. The van der Waals surface area contributed by atoms with E-state index in [4.69, 9.17) is 21.1 Å². The number of rotatable bonds is 8. The number of nitrogens with one attached hydrogen (secondary N) is 1. The highest BCUT2D eigenvalue weighted by atomic mass is 35.5. The molecule has 2 N–H and O–H groups in total. The summed E-state index contributed by atoms with van der Waals surface area (Å²) in [6.07, 6.45) is 0.614. The summed E-state index contributed by atoms with van der Waals surface area (Å²) < 4.78 is 11.2. The molecule has 0 amide bonds. The largest absolute Gasteiger partial charge is 0.493 e. The van der Waals surface area contributed by atoms with Gasteiger partial charge in [-0.25, -0.2) is 0 Å². The van der Waals surface area contributed by atoms with Crippen molar-refractivity contribution in [1.29, 1.82) is 0 Å². The predicted octanol–water partition coefficient (Wildman–Crippen LogP) is 3.39. The quantitative estimate of drug-likeness (QED) is 0.772. The van der Waals surface area contributed by atoms with Gasteiger partial charge in [-0.15, -0.1) is 0 Å². The lowest BCUT2D eigenvalue weighted by Crippen LogP contribution is -2.31. The smallest absolute Gasteiger partial charge is 0.165 e. The van der Waals surface area contributed by atoms with Crippen LogP contribution in [0.3, 0.4) is 0 Å². The molecule has 0 aliphatic rings. The number of methoxy groups -OCH3 is 1. The maximum Gasteiger partial charge on any atom is 0.165 e. The molecular formula is C16H26ClNO3. The Morgan fingerprint density at radius 2 is 2.05 bits per heavy atom. The van der Waals surface area contributed by atoms with Crippen molar-refractivity contribution in [3.8, 4) is 11.5 Å². The molecule has 1 aromatic rings. The van der Waals surface area contributed by atoms with E-state index < -0.39 is 5.60 Å². The van der Waals surface area contributed by atoms with Crippen LogP contribution < -0.4 is 14.8 Å². The Labute approximate surface area is 132 Å². The summed E-state index contributed by atoms with van der Waals surface area (Å²) in [6.45, 7) is 8.65. The average molecular weight is 316 g/mol. The van der Waals surface area contributed by atoms with Gasteiger partial charge in [0.25, 0.3) is 0 Å². The van der Waals surface area contributed by atoms with Crippen molar-refractivity contribution in [2.24, 2.45) is 0 Å². The average Bonchev–Trinajstić information content (AvgIpc) is 2.43. The van der Waals surface area contributed by atoms with E-state index in [-0.39, 0.29) is 6.61 Å². The first kappa shape index (κ1) is 18.1. The van der Waals surface area contributed by atoms with Crippen LogP contribution in [0.15, 0.2) is 12.1 Å². The van der Waals surface area contributed by atoms with Gasteiger partial charge in [-0.05, 0) is 19.4 Å². The lowest BCUT2D eigenvalue weighted by molar-refractivity contribution is 0.00742. The van der Waals surface area contributed by atoms with E-state index >= 15 is 0 Å². The van der Waals surface area contributed by atoms with Gasteiger partial charge in [0.15, 0.2) is 11.5 Å². The van der Waals surface area contributed by atoms with Crippen molar-refractivity contribution in [2.75, 3.05) is 13.7 Å². The molecule has 0 aliphatic carbocycles. The van der Waals surface area contributed by atoms with Crippen molar-refractivity contribution >= 4 is 11.6 Å². The summed E-state index contributed by atoms with van der Waals surface area (Å²) in [4.78, 5) is 0. The molecule has 4 nitrogen and oxygen atoms in total. The lowest BCUT2D eigenvalue weighted by atomic mass is 10.1. The number of aliphatic hydroxyl groups is 1. The van der Waals surface area contributed by atoms with Crippen LogP contribution in [0.2, 0.25) is 5.02 Å². The van der Waals surface area contributed by atoms with E-state index in [1.807, 2.05) is 13.0 Å². The van der Waals surface area contributed by atoms with Crippen LogP contribution in [0.1, 0.15) is 39.7 Å². The summed E-state index contributed by atoms with van der Waals surface area (Å²) >= 11 is 6.12. The topological polar surface area (TPSA) is 50.7 Å². The fourth-order valence-corrected chi connectivity index (χ4v) is 1.94. The van der Waals surface area contributed by atoms with Crippen LogP contribution in [0, 0.1) is 0 Å². The third-order valence-corrected chi connectivity index (χ3v) is 3.52. The molecule has 0 bridgehead atoms. The molecule has 120 valence electrons. The van der Waals surface area contributed by atoms with E-state index in [9.17, 15) is 5.11 Å². The number of halogens is 1. The highest BCUT2D eigenvalue weighted by Crippen LogP contribution is 2.35. The Hall–Kier alpha value is -0.970. The highest BCUT2D eigenvalue weighted by molar-refractivity contribution is 6.30. The summed E-state index contributed by atoms with van der Waals surface area (Å²) in [6, 6.07) is 3.92. The molecular weight excluding hydrogens is 290 g/mol. The van der Waals surface area contributed by atoms with Crippen molar-refractivity contribution in [3.05, 3.63) is 22.7 Å². The van der Waals surface area contributed by atoms with Crippen molar-refractivity contribution in [3.63, 3.8) is 0 Å². The Morgan fingerprint density at radius 1 is 1.38 bits per heavy atom. The van der Waals surface area contributed by atoms with E-state index in [2.05, 4.69) is 19.2 Å². The zero-order valence-corrected chi connectivity index (χ0v) is 14.3. The molecule has 21 heavy (non-hydrogen) atoms. The summed E-state index contributed by atoms with van der Waals surface area (Å²) in [5, 5.41) is 14.0. The third-order valence-electron chi connectivity index (χ3n) is 3.31. The van der Waals surface area contributed by atoms with Gasteiger partial charge in [-0.1, -0.05) is 32.4 Å². The van der Waals surface area contributed by atoms with Crippen molar-refractivity contribution in [2.45, 2.75) is 52.3 Å². The Balaban J connectivity index is 3.01. The minimum Gasteiger partial charge on any atom is -0.493 e. The van der Waals surface area contributed by atoms with Gasteiger partial charge < -0.3 is 19.9 Å². The van der Waals surface area contributed by atoms with Gasteiger partial charge >= 0.3 is 0 Å². The molecule has 0 heterocycles. The zero-order chi connectivity index (χ0) is 16.0. The maximum atomic E-state index is 10.1. The molecule has 5 heteroatoms. The van der Waals surface area contributed by atoms with E-state index in [1.165, 1.54) is 0 Å². The molecule has 0 saturated heterocycles. The number of hydrogen-bond donors (Lipinski definition) is 2. The Morgan fingerprint density at radius 3 is 2.57 bits per heavy atom. The Kier molecular flexibility index (Phi) is 6.78. The number of hydrogen-bond acceptors (Lipinski definition) is 4. The van der Waals surface area contributed by atoms with Gasteiger partial charge in [0, 0.05) is 29.2 Å². The van der Waals surface area contributed by atoms with Gasteiger partial charge in [0.2, 0.25) is 0 Å². The SMILES string of the molecule is CCC(C)(O)COc1c(CNC(C)C)cc(Cl)cc1OC. The van der Waals surface area contributed by atoms with E-state index in [0.29, 0.717) is 35.5 Å². The molecule has 0 fully saturated rings. The first-order valence-electron chi connectivity index (χ1n) is 7.24. The molecule has 1 aromatic carbocycles. The summed E-state index contributed by atoms with van der Waals surface area (Å²) in [5.74, 6) is 1.21. The van der Waals surface area contributed by atoms with E-state index in [0.717, 1.165) is 5.56 Å². The minimum absolute atomic E-state index is 0.205.